The maximum atomic E-state index is 9.93. The van der Waals surface area contributed by atoms with Crippen LogP contribution in [0.3, 0.4) is 0 Å². The number of nitrogens with zero attached hydrogens (tertiary/aromatic N) is 2. The maximum Gasteiger partial charge on any atom is 0.203 e. The number of rotatable bonds is 2. The number of hydrogen-bond acceptors (Lipinski definition) is 8. The van der Waals surface area contributed by atoms with Crippen molar-refractivity contribution >= 4 is 18.0 Å². The molecule has 0 amide bonds. The van der Waals surface area contributed by atoms with Crippen molar-refractivity contribution in [3.8, 4) is 0 Å². The average molecular weight is 289 g/mol. The lowest BCUT2D eigenvalue weighted by atomic mass is 9.98. The highest BCUT2D eigenvalue weighted by atomic mass is 32.1. The van der Waals surface area contributed by atoms with Gasteiger partial charge in [0.05, 0.1) is 6.61 Å². The number of hydrogen-bond donors (Lipinski definition) is 5. The number of aromatic nitrogens is 2. The molecule has 6 N–H and O–H groups in total. The van der Waals surface area contributed by atoms with Crippen molar-refractivity contribution in [3.63, 3.8) is 0 Å². The molecule has 0 spiro atoms. The van der Waals surface area contributed by atoms with Gasteiger partial charge in [-0.3, -0.25) is 4.57 Å². The molecular formula is C10H15N3O5S. The van der Waals surface area contributed by atoms with E-state index in [0.717, 1.165) is 0 Å². The summed E-state index contributed by atoms with van der Waals surface area (Å²) in [6.07, 6.45) is -4.88. The molecule has 1 fully saturated rings. The standard InChI is InChI=1S/C10H15N3O5S/c11-5-1-2-13(10(19)12-5)9-8(17)7(16)6(15)4(3-14)18-9/h1-2,4,6-9,14-17H,3H2,(H2,11,12,19)/t4?,6-,7-,8?,9+/m1/s1. The van der Waals surface area contributed by atoms with Crippen molar-refractivity contribution in [2.75, 3.05) is 12.3 Å². The van der Waals surface area contributed by atoms with Crippen molar-refractivity contribution < 1.29 is 25.2 Å². The summed E-state index contributed by atoms with van der Waals surface area (Å²) in [7, 11) is 0. The Hall–Kier alpha value is -1.10. The molecule has 0 bridgehead atoms. The van der Waals surface area contributed by atoms with Crippen molar-refractivity contribution in [1.29, 1.82) is 0 Å². The van der Waals surface area contributed by atoms with E-state index in [4.69, 9.17) is 27.8 Å². The minimum Gasteiger partial charge on any atom is -0.394 e. The lowest BCUT2D eigenvalue weighted by Crippen LogP contribution is -2.56. The first-order chi connectivity index (χ1) is 8.95. The van der Waals surface area contributed by atoms with Gasteiger partial charge >= 0.3 is 0 Å². The van der Waals surface area contributed by atoms with Gasteiger partial charge in [0.1, 0.15) is 30.2 Å². The largest absolute Gasteiger partial charge is 0.394 e. The van der Waals surface area contributed by atoms with E-state index in [9.17, 15) is 15.3 Å². The first kappa shape index (κ1) is 14.3. The predicted molar refractivity (Wildman–Crippen MR) is 66.5 cm³/mol. The molecule has 19 heavy (non-hydrogen) atoms. The molecule has 2 unspecified atom stereocenters. The number of nitrogens with two attached hydrogens (primary N) is 1. The predicted octanol–water partition coefficient (Wildman–Crippen LogP) is -1.83. The van der Waals surface area contributed by atoms with Crippen molar-refractivity contribution in [1.82, 2.24) is 9.55 Å². The van der Waals surface area contributed by atoms with Crippen LogP contribution in [0.1, 0.15) is 6.23 Å². The molecule has 106 valence electrons. The molecule has 0 aromatic carbocycles. The molecule has 1 aliphatic rings. The van der Waals surface area contributed by atoms with Crippen molar-refractivity contribution in [2.45, 2.75) is 30.6 Å². The molecule has 0 saturated carbocycles. The molecule has 0 radical (unpaired) electrons. The van der Waals surface area contributed by atoms with Crippen molar-refractivity contribution in [2.24, 2.45) is 0 Å². The van der Waals surface area contributed by atoms with Gasteiger partial charge in [-0.15, -0.1) is 0 Å². The molecule has 2 rings (SSSR count). The van der Waals surface area contributed by atoms with Gasteiger partial charge < -0.3 is 30.9 Å². The number of aliphatic hydroxyl groups excluding tert-OH is 4. The molecule has 9 heteroatoms. The van der Waals surface area contributed by atoms with Gasteiger partial charge in [-0.2, -0.15) is 0 Å². The number of aliphatic hydroxyl groups is 4. The van der Waals surface area contributed by atoms with E-state index in [0.29, 0.717) is 0 Å². The van der Waals surface area contributed by atoms with Crippen LogP contribution in [0.5, 0.6) is 0 Å². The molecule has 2 heterocycles. The van der Waals surface area contributed by atoms with E-state index in [-0.39, 0.29) is 10.6 Å². The first-order valence-electron chi connectivity index (χ1n) is 5.61. The smallest absolute Gasteiger partial charge is 0.203 e. The van der Waals surface area contributed by atoms with E-state index in [2.05, 4.69) is 4.98 Å². The quantitative estimate of drug-likeness (QED) is 0.401. The first-order valence-corrected chi connectivity index (χ1v) is 6.01. The second-order valence-electron chi connectivity index (χ2n) is 4.26. The van der Waals surface area contributed by atoms with E-state index in [1.165, 1.54) is 16.8 Å². The highest BCUT2D eigenvalue weighted by molar-refractivity contribution is 7.71. The lowest BCUT2D eigenvalue weighted by molar-refractivity contribution is -0.251. The molecule has 8 nitrogen and oxygen atoms in total. The Kier molecular flexibility index (Phi) is 4.13. The zero-order valence-corrected chi connectivity index (χ0v) is 10.6. The third-order valence-corrected chi connectivity index (χ3v) is 3.29. The summed E-state index contributed by atoms with van der Waals surface area (Å²) in [5.41, 5.74) is 5.47. The summed E-state index contributed by atoms with van der Waals surface area (Å²) >= 11 is 4.99. The van der Waals surface area contributed by atoms with Crippen LogP contribution in [0.25, 0.3) is 0 Å². The summed E-state index contributed by atoms with van der Waals surface area (Å²) < 4.78 is 6.70. The number of nitrogen functional groups attached to an aromatic ring is 1. The summed E-state index contributed by atoms with van der Waals surface area (Å²) in [5.74, 6) is 0.214. The third kappa shape index (κ3) is 2.61. The van der Waals surface area contributed by atoms with Crippen LogP contribution in [0, 0.1) is 4.77 Å². The van der Waals surface area contributed by atoms with Gasteiger partial charge in [-0.25, -0.2) is 4.98 Å². The van der Waals surface area contributed by atoms with Gasteiger partial charge in [-0.05, 0) is 18.3 Å². The minimum atomic E-state index is -1.46. The monoisotopic (exact) mass is 289 g/mol. The number of ether oxygens (including phenoxy) is 1. The Labute approximate surface area is 113 Å². The van der Waals surface area contributed by atoms with Crippen LogP contribution < -0.4 is 5.73 Å². The van der Waals surface area contributed by atoms with E-state index in [1.54, 1.807) is 0 Å². The second-order valence-corrected chi connectivity index (χ2v) is 4.63. The molecule has 1 saturated heterocycles. The highest BCUT2D eigenvalue weighted by Crippen LogP contribution is 2.28. The molecule has 1 aromatic rings. The fourth-order valence-electron chi connectivity index (χ4n) is 1.93. The Morgan fingerprint density at radius 2 is 2.00 bits per heavy atom. The molecule has 1 aliphatic heterocycles. The molecule has 5 atom stereocenters. The summed E-state index contributed by atoms with van der Waals surface area (Å²) in [5, 5.41) is 38.4. The van der Waals surface area contributed by atoms with Gasteiger partial charge in [0.25, 0.3) is 0 Å². The van der Waals surface area contributed by atoms with Crippen LogP contribution in [0.2, 0.25) is 0 Å². The van der Waals surface area contributed by atoms with Crippen LogP contribution in [-0.4, -0.2) is 61.0 Å². The Balaban J connectivity index is 2.35. The fraction of sp³-hybridized carbons (Fsp3) is 0.600. The second kappa shape index (κ2) is 5.49. The third-order valence-electron chi connectivity index (χ3n) is 2.99. The average Bonchev–Trinajstić information content (AvgIpc) is 2.38. The van der Waals surface area contributed by atoms with Crippen LogP contribution >= 0.6 is 12.2 Å². The van der Waals surface area contributed by atoms with Crippen LogP contribution in [-0.2, 0) is 4.74 Å². The molecule has 1 aromatic heterocycles. The van der Waals surface area contributed by atoms with Crippen LogP contribution in [0.4, 0.5) is 5.82 Å². The van der Waals surface area contributed by atoms with Gasteiger partial charge in [-0.1, -0.05) is 0 Å². The summed E-state index contributed by atoms with van der Waals surface area (Å²) in [6.45, 7) is -0.503. The van der Waals surface area contributed by atoms with Gasteiger partial charge in [0.15, 0.2) is 6.23 Å². The fourth-order valence-corrected chi connectivity index (χ4v) is 2.20. The Bertz CT molecular complexity index is 508. The maximum absolute atomic E-state index is 9.93. The van der Waals surface area contributed by atoms with Gasteiger partial charge in [0.2, 0.25) is 4.77 Å². The number of anilines is 1. The topological polar surface area (TPSA) is 134 Å². The van der Waals surface area contributed by atoms with E-state index >= 15 is 0 Å². The van der Waals surface area contributed by atoms with E-state index < -0.39 is 37.3 Å². The Morgan fingerprint density at radius 1 is 1.32 bits per heavy atom. The van der Waals surface area contributed by atoms with E-state index in [1.807, 2.05) is 0 Å². The summed E-state index contributed by atoms with van der Waals surface area (Å²) in [6, 6.07) is 1.46. The normalized spacial score (nSPS) is 35.3. The zero-order chi connectivity index (χ0) is 14.2. The lowest BCUT2D eigenvalue weighted by Gasteiger charge is -2.40. The molecule has 0 aliphatic carbocycles. The zero-order valence-electron chi connectivity index (χ0n) is 9.83. The minimum absolute atomic E-state index is 0.0596. The molecular weight excluding hydrogens is 274 g/mol. The Morgan fingerprint density at radius 3 is 2.58 bits per heavy atom. The van der Waals surface area contributed by atoms with Gasteiger partial charge in [0, 0.05) is 6.20 Å². The van der Waals surface area contributed by atoms with Crippen LogP contribution in [0.15, 0.2) is 12.3 Å². The van der Waals surface area contributed by atoms with Crippen molar-refractivity contribution in [3.05, 3.63) is 17.0 Å². The summed E-state index contributed by atoms with van der Waals surface area (Å²) in [4.78, 5) is 3.84. The SMILES string of the molecule is Nc1ccn([C@H]2OC(CO)[C@@H](O)[C@@H](O)C2O)c(=S)n1. The highest BCUT2D eigenvalue weighted by Gasteiger charge is 2.44.